The van der Waals surface area contributed by atoms with Gasteiger partial charge in [-0.05, 0) is 42.0 Å². The maximum absolute atomic E-state index is 6.34. The first kappa shape index (κ1) is 18.7. The number of anilines is 1. The summed E-state index contributed by atoms with van der Waals surface area (Å²) in [6, 6.07) is 25.2. The molecule has 2 aromatic heterocycles. The topological polar surface area (TPSA) is 75.2 Å². The van der Waals surface area contributed by atoms with Crippen LogP contribution in [0, 0.1) is 0 Å². The van der Waals surface area contributed by atoms with E-state index in [1.807, 2.05) is 85.1 Å². The molecule has 0 unspecified atom stereocenters. The molecule has 31 heavy (non-hydrogen) atoms. The molecule has 3 aromatic carbocycles. The summed E-state index contributed by atoms with van der Waals surface area (Å²) in [4.78, 5) is 4.44. The summed E-state index contributed by atoms with van der Waals surface area (Å²) >= 11 is 0. The molecule has 5 rings (SSSR count). The molecular weight excluding hydrogens is 388 g/mol. The van der Waals surface area contributed by atoms with Crippen molar-refractivity contribution in [1.29, 1.82) is 0 Å². The molecule has 0 radical (unpaired) electrons. The van der Waals surface area contributed by atoms with E-state index in [2.05, 4.69) is 10.1 Å². The fourth-order valence-electron chi connectivity index (χ4n) is 3.58. The Labute approximate surface area is 179 Å². The number of hydrogen-bond donors (Lipinski definition) is 1. The molecule has 2 N–H and O–H groups in total. The monoisotopic (exact) mass is 408 g/mol. The lowest BCUT2D eigenvalue weighted by molar-refractivity contribution is 0.414. The van der Waals surface area contributed by atoms with Crippen molar-refractivity contribution in [2.24, 2.45) is 0 Å². The third-order valence-electron chi connectivity index (χ3n) is 5.06. The molecule has 0 aliphatic carbocycles. The summed E-state index contributed by atoms with van der Waals surface area (Å²) in [6.45, 7) is 0. The normalized spacial score (nSPS) is 10.9. The molecule has 6 nitrogen and oxygen atoms in total. The standard InChI is InChI=1S/C25H20N4O2/c1-30-21-9-5-6-18(14-21)29-23-16-27-15-22(24(23)25(26)28-29)17-10-12-20(13-11-17)31-19-7-3-2-4-8-19/h2-16H,1H3,(H2,26,28). The molecule has 0 fully saturated rings. The quantitative estimate of drug-likeness (QED) is 0.417. The van der Waals surface area contributed by atoms with E-state index >= 15 is 0 Å². The van der Waals surface area contributed by atoms with Crippen LogP contribution in [-0.4, -0.2) is 21.9 Å². The predicted octanol–water partition coefficient (Wildman–Crippen LogP) is 5.47. The van der Waals surface area contributed by atoms with Crippen molar-refractivity contribution in [2.45, 2.75) is 0 Å². The Morgan fingerprint density at radius 2 is 1.55 bits per heavy atom. The number of para-hydroxylation sites is 1. The second-order valence-electron chi connectivity index (χ2n) is 7.02. The molecular formula is C25H20N4O2. The molecule has 2 heterocycles. The van der Waals surface area contributed by atoms with Crippen LogP contribution < -0.4 is 15.2 Å². The number of nitrogens with two attached hydrogens (primary N) is 1. The predicted molar refractivity (Wildman–Crippen MR) is 122 cm³/mol. The van der Waals surface area contributed by atoms with Gasteiger partial charge in [0.05, 0.1) is 29.9 Å². The summed E-state index contributed by atoms with van der Waals surface area (Å²) < 4.78 is 13.0. The summed E-state index contributed by atoms with van der Waals surface area (Å²) in [6.07, 6.45) is 3.58. The van der Waals surface area contributed by atoms with E-state index < -0.39 is 0 Å². The molecule has 0 bridgehead atoms. The lowest BCUT2D eigenvalue weighted by atomic mass is 10.0. The van der Waals surface area contributed by atoms with Gasteiger partial charge in [0, 0.05) is 17.8 Å². The summed E-state index contributed by atoms with van der Waals surface area (Å²) in [5, 5.41) is 5.43. The van der Waals surface area contributed by atoms with Gasteiger partial charge in [0.1, 0.15) is 17.2 Å². The van der Waals surface area contributed by atoms with Gasteiger partial charge in [-0.25, -0.2) is 4.68 Å². The lowest BCUT2D eigenvalue weighted by Gasteiger charge is -2.08. The average molecular weight is 408 g/mol. The molecule has 0 aliphatic rings. The van der Waals surface area contributed by atoms with E-state index in [1.54, 1.807) is 18.0 Å². The molecule has 0 spiro atoms. The second kappa shape index (κ2) is 7.84. The van der Waals surface area contributed by atoms with Gasteiger partial charge in [0.2, 0.25) is 0 Å². The first-order valence-electron chi connectivity index (χ1n) is 9.83. The Hall–Kier alpha value is -4.32. The van der Waals surface area contributed by atoms with Crippen molar-refractivity contribution in [3.63, 3.8) is 0 Å². The third kappa shape index (κ3) is 3.55. The van der Waals surface area contributed by atoms with E-state index in [-0.39, 0.29) is 0 Å². The molecule has 0 aliphatic heterocycles. The van der Waals surface area contributed by atoms with Crippen LogP contribution in [0.15, 0.2) is 91.3 Å². The smallest absolute Gasteiger partial charge is 0.154 e. The molecule has 0 saturated carbocycles. The van der Waals surface area contributed by atoms with Gasteiger partial charge in [0.25, 0.3) is 0 Å². The highest BCUT2D eigenvalue weighted by atomic mass is 16.5. The van der Waals surface area contributed by atoms with Crippen LogP contribution in [-0.2, 0) is 0 Å². The van der Waals surface area contributed by atoms with Gasteiger partial charge in [-0.1, -0.05) is 36.4 Å². The Kier molecular flexibility index (Phi) is 4.72. The van der Waals surface area contributed by atoms with E-state index in [0.29, 0.717) is 5.82 Å². The number of benzene rings is 3. The average Bonchev–Trinajstić information content (AvgIpc) is 3.17. The van der Waals surface area contributed by atoms with Crippen LogP contribution in [0.4, 0.5) is 5.82 Å². The van der Waals surface area contributed by atoms with Gasteiger partial charge in [0.15, 0.2) is 5.82 Å². The number of nitrogens with zero attached hydrogens (tertiary/aromatic N) is 3. The van der Waals surface area contributed by atoms with Gasteiger partial charge in [-0.2, -0.15) is 0 Å². The minimum atomic E-state index is 0.444. The maximum Gasteiger partial charge on any atom is 0.154 e. The van der Waals surface area contributed by atoms with Gasteiger partial charge >= 0.3 is 0 Å². The highest BCUT2D eigenvalue weighted by molar-refractivity contribution is 6.01. The van der Waals surface area contributed by atoms with Crippen molar-refractivity contribution in [3.8, 4) is 34.1 Å². The van der Waals surface area contributed by atoms with Crippen LogP contribution in [0.2, 0.25) is 0 Å². The van der Waals surface area contributed by atoms with Crippen molar-refractivity contribution in [3.05, 3.63) is 91.3 Å². The Morgan fingerprint density at radius 1 is 0.806 bits per heavy atom. The Morgan fingerprint density at radius 3 is 2.32 bits per heavy atom. The molecule has 5 aromatic rings. The van der Waals surface area contributed by atoms with Crippen molar-refractivity contribution >= 4 is 16.7 Å². The molecule has 0 atom stereocenters. The maximum atomic E-state index is 6.34. The second-order valence-corrected chi connectivity index (χ2v) is 7.02. The van der Waals surface area contributed by atoms with Crippen molar-refractivity contribution < 1.29 is 9.47 Å². The number of hydrogen-bond acceptors (Lipinski definition) is 5. The van der Waals surface area contributed by atoms with Crippen molar-refractivity contribution in [1.82, 2.24) is 14.8 Å². The number of aromatic nitrogens is 3. The van der Waals surface area contributed by atoms with Crippen LogP contribution in [0.1, 0.15) is 0 Å². The molecule has 0 amide bonds. The van der Waals surface area contributed by atoms with Crippen LogP contribution >= 0.6 is 0 Å². The Bertz CT molecular complexity index is 1350. The van der Waals surface area contributed by atoms with Crippen LogP contribution in [0.25, 0.3) is 27.7 Å². The molecule has 0 saturated heterocycles. The molecule has 152 valence electrons. The van der Waals surface area contributed by atoms with Gasteiger partial charge < -0.3 is 15.2 Å². The van der Waals surface area contributed by atoms with Crippen LogP contribution in [0.5, 0.6) is 17.2 Å². The minimum absolute atomic E-state index is 0.444. The first-order valence-corrected chi connectivity index (χ1v) is 9.83. The largest absolute Gasteiger partial charge is 0.497 e. The Balaban J connectivity index is 1.54. The zero-order valence-electron chi connectivity index (χ0n) is 16.9. The summed E-state index contributed by atoms with van der Waals surface area (Å²) in [5.74, 6) is 2.75. The fourth-order valence-corrected chi connectivity index (χ4v) is 3.58. The number of nitrogen functional groups attached to an aromatic ring is 1. The summed E-state index contributed by atoms with van der Waals surface area (Å²) in [5.41, 5.74) is 9.91. The fraction of sp³-hybridized carbons (Fsp3) is 0.0400. The first-order chi connectivity index (χ1) is 15.2. The van der Waals surface area contributed by atoms with E-state index in [4.69, 9.17) is 15.2 Å². The zero-order chi connectivity index (χ0) is 21.2. The number of methoxy groups -OCH3 is 1. The SMILES string of the molecule is COc1cccc(-n2nc(N)c3c(-c4ccc(Oc5ccccc5)cc4)cncc32)c1. The van der Waals surface area contributed by atoms with Gasteiger partial charge in [-0.3, -0.25) is 4.98 Å². The zero-order valence-corrected chi connectivity index (χ0v) is 16.9. The highest BCUT2D eigenvalue weighted by Gasteiger charge is 2.15. The summed E-state index contributed by atoms with van der Waals surface area (Å²) in [7, 11) is 1.64. The number of ether oxygens (including phenoxy) is 2. The number of fused-ring (bicyclic) bond motifs is 1. The van der Waals surface area contributed by atoms with Crippen LogP contribution in [0.3, 0.4) is 0 Å². The third-order valence-corrected chi connectivity index (χ3v) is 5.06. The van der Waals surface area contributed by atoms with Crippen molar-refractivity contribution in [2.75, 3.05) is 12.8 Å². The van der Waals surface area contributed by atoms with E-state index in [1.165, 1.54) is 0 Å². The minimum Gasteiger partial charge on any atom is -0.497 e. The lowest BCUT2D eigenvalue weighted by Crippen LogP contribution is -1.98. The molecule has 6 heteroatoms. The number of rotatable bonds is 5. The highest BCUT2D eigenvalue weighted by Crippen LogP contribution is 2.34. The van der Waals surface area contributed by atoms with Gasteiger partial charge in [-0.15, -0.1) is 5.10 Å². The van der Waals surface area contributed by atoms with E-state index in [9.17, 15) is 0 Å². The number of pyridine rings is 1. The van der Waals surface area contributed by atoms with E-state index in [0.717, 1.165) is 45.0 Å².